The fourth-order valence-electron chi connectivity index (χ4n) is 2.40. The third-order valence-electron chi connectivity index (χ3n) is 3.78. The molecule has 2 aromatic carbocycles. The normalized spacial score (nSPS) is 11.3. The van der Waals surface area contributed by atoms with Gasteiger partial charge in [-0.15, -0.1) is 0 Å². The molecule has 0 bridgehead atoms. The summed E-state index contributed by atoms with van der Waals surface area (Å²) in [5.74, 6) is -0.345. The van der Waals surface area contributed by atoms with Gasteiger partial charge in [0.05, 0.1) is 5.56 Å². The number of carbonyl (C=O) groups is 1. The summed E-state index contributed by atoms with van der Waals surface area (Å²) in [4.78, 5) is 12.1. The van der Waals surface area contributed by atoms with Crippen molar-refractivity contribution in [3.8, 4) is 11.3 Å². The van der Waals surface area contributed by atoms with Crippen molar-refractivity contribution < 1.29 is 22.5 Å². The number of hydrogen-bond acceptors (Lipinski definition) is 3. The van der Waals surface area contributed by atoms with E-state index in [-0.39, 0.29) is 12.3 Å². The van der Waals surface area contributed by atoms with E-state index in [2.05, 4.69) is 10.5 Å². The van der Waals surface area contributed by atoms with Gasteiger partial charge in [0.25, 0.3) is 5.91 Å². The maximum atomic E-state index is 12.5. The van der Waals surface area contributed by atoms with Crippen LogP contribution < -0.4 is 5.32 Å². The molecule has 26 heavy (non-hydrogen) atoms. The molecule has 7 heteroatoms. The first-order chi connectivity index (χ1) is 12.4. The third kappa shape index (κ3) is 4.30. The van der Waals surface area contributed by atoms with Gasteiger partial charge in [-0.05, 0) is 24.1 Å². The summed E-state index contributed by atoms with van der Waals surface area (Å²) in [5, 5.41) is 6.53. The number of aromatic nitrogens is 1. The summed E-state index contributed by atoms with van der Waals surface area (Å²) in [5.41, 5.74) is 1.39. The summed E-state index contributed by atoms with van der Waals surface area (Å²) < 4.78 is 42.6. The number of carbonyl (C=O) groups excluding carboxylic acids is 1. The smallest absolute Gasteiger partial charge is 0.350 e. The fraction of sp³-hybridized carbons (Fsp3) is 0.158. The van der Waals surface area contributed by atoms with E-state index in [0.717, 1.165) is 17.7 Å². The summed E-state index contributed by atoms with van der Waals surface area (Å²) in [7, 11) is 0. The highest BCUT2D eigenvalue weighted by molar-refractivity contribution is 5.92. The second kappa shape index (κ2) is 7.43. The molecule has 0 atom stereocenters. The average Bonchev–Trinajstić information content (AvgIpc) is 3.12. The van der Waals surface area contributed by atoms with Gasteiger partial charge in [-0.2, -0.15) is 13.2 Å². The topological polar surface area (TPSA) is 55.1 Å². The van der Waals surface area contributed by atoms with Crippen molar-refractivity contribution in [1.29, 1.82) is 0 Å². The molecular formula is C19H15F3N2O2. The Morgan fingerprint density at radius 2 is 1.73 bits per heavy atom. The number of halogens is 3. The highest BCUT2D eigenvalue weighted by atomic mass is 19.4. The van der Waals surface area contributed by atoms with Gasteiger partial charge < -0.3 is 9.84 Å². The van der Waals surface area contributed by atoms with Crippen LogP contribution in [-0.4, -0.2) is 17.6 Å². The van der Waals surface area contributed by atoms with Gasteiger partial charge in [0.1, 0.15) is 5.69 Å². The first-order valence-electron chi connectivity index (χ1n) is 7.90. The molecule has 3 aromatic rings. The molecule has 0 saturated carbocycles. The van der Waals surface area contributed by atoms with E-state index in [9.17, 15) is 18.0 Å². The molecule has 0 fully saturated rings. The van der Waals surface area contributed by atoms with Crippen molar-refractivity contribution in [2.24, 2.45) is 0 Å². The molecule has 0 unspecified atom stereocenters. The predicted molar refractivity (Wildman–Crippen MR) is 89.4 cm³/mol. The van der Waals surface area contributed by atoms with Crippen LogP contribution in [0.3, 0.4) is 0 Å². The monoisotopic (exact) mass is 360 g/mol. The van der Waals surface area contributed by atoms with Gasteiger partial charge in [-0.3, -0.25) is 4.79 Å². The van der Waals surface area contributed by atoms with Crippen LogP contribution in [0, 0.1) is 0 Å². The Balaban J connectivity index is 1.54. The maximum Gasteiger partial charge on any atom is 0.416 e. The lowest BCUT2D eigenvalue weighted by atomic mass is 10.1. The standard InChI is InChI=1S/C19H15F3N2O2/c20-19(21,22)15-8-6-13(7-9-15)10-11-23-18(25)17-12-16(24-26-17)14-4-2-1-3-5-14/h1-9,12H,10-11H2,(H,23,25). The summed E-state index contributed by atoms with van der Waals surface area (Å²) in [6.45, 7) is 0.269. The Morgan fingerprint density at radius 3 is 2.38 bits per heavy atom. The summed E-state index contributed by atoms with van der Waals surface area (Å²) >= 11 is 0. The van der Waals surface area contributed by atoms with Crippen LogP contribution in [0.15, 0.2) is 65.2 Å². The molecule has 0 aliphatic heterocycles. The molecule has 1 heterocycles. The molecule has 0 aliphatic rings. The van der Waals surface area contributed by atoms with Crippen LogP contribution in [-0.2, 0) is 12.6 Å². The Hall–Kier alpha value is -3.09. The van der Waals surface area contributed by atoms with E-state index < -0.39 is 17.6 Å². The highest BCUT2D eigenvalue weighted by Gasteiger charge is 2.29. The van der Waals surface area contributed by atoms with Gasteiger partial charge in [-0.25, -0.2) is 0 Å². The van der Waals surface area contributed by atoms with Gasteiger partial charge >= 0.3 is 6.18 Å². The van der Waals surface area contributed by atoms with Crippen molar-refractivity contribution in [2.45, 2.75) is 12.6 Å². The zero-order valence-corrected chi connectivity index (χ0v) is 13.6. The molecule has 3 rings (SSSR count). The highest BCUT2D eigenvalue weighted by Crippen LogP contribution is 2.29. The van der Waals surface area contributed by atoms with E-state index in [1.165, 1.54) is 12.1 Å². The van der Waals surface area contributed by atoms with E-state index in [4.69, 9.17) is 4.52 Å². The minimum absolute atomic E-state index is 0.0799. The van der Waals surface area contributed by atoms with E-state index in [0.29, 0.717) is 17.7 Å². The Morgan fingerprint density at radius 1 is 1.04 bits per heavy atom. The van der Waals surface area contributed by atoms with Crippen LogP contribution in [0.5, 0.6) is 0 Å². The van der Waals surface area contributed by atoms with Crippen LogP contribution in [0.4, 0.5) is 13.2 Å². The fourth-order valence-corrected chi connectivity index (χ4v) is 2.40. The number of hydrogen-bond donors (Lipinski definition) is 1. The SMILES string of the molecule is O=C(NCCc1ccc(C(F)(F)F)cc1)c1cc(-c2ccccc2)no1. The first-order valence-corrected chi connectivity index (χ1v) is 7.90. The molecular weight excluding hydrogens is 345 g/mol. The van der Waals surface area contributed by atoms with Gasteiger partial charge in [0.15, 0.2) is 0 Å². The van der Waals surface area contributed by atoms with Crippen LogP contribution in [0.1, 0.15) is 21.7 Å². The number of nitrogens with zero attached hydrogens (tertiary/aromatic N) is 1. The van der Waals surface area contributed by atoms with Crippen molar-refractivity contribution in [1.82, 2.24) is 10.5 Å². The van der Waals surface area contributed by atoms with Crippen molar-refractivity contribution in [3.05, 3.63) is 77.6 Å². The van der Waals surface area contributed by atoms with Crippen LogP contribution >= 0.6 is 0 Å². The van der Waals surface area contributed by atoms with E-state index in [1.807, 2.05) is 30.3 Å². The lowest BCUT2D eigenvalue weighted by Crippen LogP contribution is -2.25. The summed E-state index contributed by atoms with van der Waals surface area (Å²) in [6.07, 6.45) is -3.95. The number of nitrogens with one attached hydrogen (secondary N) is 1. The Labute approximate surface area is 147 Å². The molecule has 0 aliphatic carbocycles. The average molecular weight is 360 g/mol. The van der Waals surface area contributed by atoms with Crippen LogP contribution in [0.25, 0.3) is 11.3 Å². The molecule has 0 radical (unpaired) electrons. The minimum Gasteiger partial charge on any atom is -0.350 e. The molecule has 0 saturated heterocycles. The van der Waals surface area contributed by atoms with Crippen molar-refractivity contribution >= 4 is 5.91 Å². The number of benzene rings is 2. The molecule has 4 nitrogen and oxygen atoms in total. The molecule has 1 amide bonds. The van der Waals surface area contributed by atoms with E-state index in [1.54, 1.807) is 6.07 Å². The number of rotatable bonds is 5. The van der Waals surface area contributed by atoms with Crippen LogP contribution in [0.2, 0.25) is 0 Å². The van der Waals surface area contributed by atoms with Crippen molar-refractivity contribution in [2.75, 3.05) is 6.54 Å². The lowest BCUT2D eigenvalue weighted by Gasteiger charge is -2.07. The molecule has 1 aromatic heterocycles. The summed E-state index contributed by atoms with van der Waals surface area (Å²) in [6, 6.07) is 15.7. The van der Waals surface area contributed by atoms with Gasteiger partial charge in [0, 0.05) is 18.2 Å². The molecule has 0 spiro atoms. The van der Waals surface area contributed by atoms with E-state index >= 15 is 0 Å². The predicted octanol–water partition coefficient (Wildman–Crippen LogP) is 4.33. The second-order valence-corrected chi connectivity index (χ2v) is 5.64. The largest absolute Gasteiger partial charge is 0.416 e. The Kier molecular flexibility index (Phi) is 5.06. The maximum absolute atomic E-state index is 12.5. The molecule has 1 N–H and O–H groups in total. The second-order valence-electron chi connectivity index (χ2n) is 5.64. The van der Waals surface area contributed by atoms with Gasteiger partial charge in [-0.1, -0.05) is 47.6 Å². The molecule has 134 valence electrons. The Bertz CT molecular complexity index is 872. The number of amides is 1. The minimum atomic E-state index is -4.35. The zero-order chi connectivity index (χ0) is 18.6. The van der Waals surface area contributed by atoms with Crippen molar-refractivity contribution in [3.63, 3.8) is 0 Å². The lowest BCUT2D eigenvalue weighted by molar-refractivity contribution is -0.137. The zero-order valence-electron chi connectivity index (χ0n) is 13.6. The third-order valence-corrected chi connectivity index (χ3v) is 3.78. The van der Waals surface area contributed by atoms with Gasteiger partial charge in [0.2, 0.25) is 5.76 Å². The quantitative estimate of drug-likeness (QED) is 0.737. The first kappa shape index (κ1) is 17.7. The number of alkyl halides is 3.